The quantitative estimate of drug-likeness (QED) is 0.776. The highest BCUT2D eigenvalue weighted by atomic mass is 35.5. The molecule has 5 heteroatoms. The predicted octanol–water partition coefficient (Wildman–Crippen LogP) is 3.63. The number of carbonyl (C=O) groups excluding carboxylic acids is 1. The van der Waals surface area contributed by atoms with E-state index in [1.165, 1.54) is 5.56 Å². The molecule has 0 unspecified atom stereocenters. The first kappa shape index (κ1) is 18.7. The molecule has 1 aliphatic rings. The molecule has 0 radical (unpaired) electrons. The smallest absolute Gasteiger partial charge is 0.222 e. The van der Waals surface area contributed by atoms with Crippen LogP contribution in [0.2, 0.25) is 5.02 Å². The molecule has 1 aliphatic heterocycles. The molecule has 0 atom stereocenters. The van der Waals surface area contributed by atoms with E-state index in [2.05, 4.69) is 11.0 Å². The summed E-state index contributed by atoms with van der Waals surface area (Å²) in [6.07, 6.45) is 1.29. The lowest BCUT2D eigenvalue weighted by molar-refractivity contribution is -0.133. The average molecular weight is 373 g/mol. The lowest BCUT2D eigenvalue weighted by atomic mass is 10.1. The highest BCUT2D eigenvalue weighted by Gasteiger charge is 2.20. The third kappa shape index (κ3) is 5.23. The number of benzene rings is 2. The summed E-state index contributed by atoms with van der Waals surface area (Å²) >= 11 is 6.05. The van der Waals surface area contributed by atoms with Gasteiger partial charge in [0.1, 0.15) is 5.75 Å². The zero-order valence-electron chi connectivity index (χ0n) is 15.2. The molecule has 1 fully saturated rings. The van der Waals surface area contributed by atoms with Crippen LogP contribution in [0.3, 0.4) is 0 Å². The fourth-order valence-corrected chi connectivity index (χ4v) is 3.50. The number of aryl methyl sites for hydroxylation is 1. The van der Waals surface area contributed by atoms with Crippen molar-refractivity contribution in [2.45, 2.75) is 19.4 Å². The molecule has 0 N–H and O–H groups in total. The van der Waals surface area contributed by atoms with Crippen molar-refractivity contribution >= 4 is 17.5 Å². The molecule has 0 bridgehead atoms. The number of nitrogens with zero attached hydrogens (tertiary/aromatic N) is 2. The Morgan fingerprint density at radius 1 is 1.04 bits per heavy atom. The van der Waals surface area contributed by atoms with Crippen LogP contribution >= 0.6 is 11.6 Å². The summed E-state index contributed by atoms with van der Waals surface area (Å²) in [5.41, 5.74) is 2.35. The summed E-state index contributed by atoms with van der Waals surface area (Å²) in [5.74, 6) is 1.07. The van der Waals surface area contributed by atoms with Gasteiger partial charge in [0.25, 0.3) is 0 Å². The van der Waals surface area contributed by atoms with Crippen molar-refractivity contribution < 1.29 is 9.53 Å². The molecule has 26 heavy (non-hydrogen) atoms. The molecular formula is C21H25ClN2O2. The molecule has 0 aromatic heterocycles. The lowest BCUT2D eigenvalue weighted by Crippen LogP contribution is -2.48. The molecule has 0 spiro atoms. The molecule has 1 heterocycles. The van der Waals surface area contributed by atoms with Gasteiger partial charge in [0.05, 0.1) is 7.11 Å². The van der Waals surface area contributed by atoms with Gasteiger partial charge in [-0.3, -0.25) is 9.69 Å². The summed E-state index contributed by atoms with van der Waals surface area (Å²) in [5, 5.41) is 0.772. The van der Waals surface area contributed by atoms with Crippen LogP contribution in [0, 0.1) is 0 Å². The zero-order chi connectivity index (χ0) is 18.4. The van der Waals surface area contributed by atoms with E-state index in [1.807, 2.05) is 47.4 Å². The summed E-state index contributed by atoms with van der Waals surface area (Å²) in [6, 6.07) is 15.9. The van der Waals surface area contributed by atoms with Gasteiger partial charge in [0.15, 0.2) is 0 Å². The van der Waals surface area contributed by atoms with Gasteiger partial charge in [0, 0.05) is 44.2 Å². The molecule has 4 nitrogen and oxygen atoms in total. The third-order valence-electron chi connectivity index (χ3n) is 4.78. The van der Waals surface area contributed by atoms with Crippen LogP contribution < -0.4 is 4.74 Å². The first-order valence-electron chi connectivity index (χ1n) is 9.01. The van der Waals surface area contributed by atoms with Gasteiger partial charge >= 0.3 is 0 Å². The van der Waals surface area contributed by atoms with Crippen molar-refractivity contribution in [3.8, 4) is 5.75 Å². The van der Waals surface area contributed by atoms with E-state index in [9.17, 15) is 4.79 Å². The molecule has 138 valence electrons. The molecule has 1 amide bonds. The van der Waals surface area contributed by atoms with Gasteiger partial charge in [-0.2, -0.15) is 0 Å². The molecule has 0 saturated carbocycles. The van der Waals surface area contributed by atoms with E-state index in [0.29, 0.717) is 6.42 Å². The van der Waals surface area contributed by atoms with Crippen LogP contribution in [0.4, 0.5) is 0 Å². The Kier molecular flexibility index (Phi) is 6.53. The van der Waals surface area contributed by atoms with Gasteiger partial charge in [0.2, 0.25) is 5.91 Å². The van der Waals surface area contributed by atoms with Crippen molar-refractivity contribution in [3.05, 3.63) is 64.7 Å². The van der Waals surface area contributed by atoms with Crippen molar-refractivity contribution in [1.82, 2.24) is 9.80 Å². The minimum atomic E-state index is 0.232. The maximum Gasteiger partial charge on any atom is 0.222 e. The largest absolute Gasteiger partial charge is 0.497 e. The molecular weight excluding hydrogens is 348 g/mol. The number of piperazine rings is 1. The zero-order valence-corrected chi connectivity index (χ0v) is 15.9. The van der Waals surface area contributed by atoms with Crippen LogP contribution in [0.15, 0.2) is 48.5 Å². The van der Waals surface area contributed by atoms with Crippen LogP contribution in [0.25, 0.3) is 0 Å². The number of ether oxygens (including phenoxy) is 1. The SMILES string of the molecule is COc1cccc(CCC(=O)N2CCN(Cc3cccc(Cl)c3)CC2)c1. The fraction of sp³-hybridized carbons (Fsp3) is 0.381. The maximum atomic E-state index is 12.5. The maximum absolute atomic E-state index is 12.5. The van der Waals surface area contributed by atoms with Crippen LogP contribution in [0.5, 0.6) is 5.75 Å². The predicted molar refractivity (Wildman–Crippen MR) is 105 cm³/mol. The van der Waals surface area contributed by atoms with Gasteiger partial charge in [-0.1, -0.05) is 35.9 Å². The van der Waals surface area contributed by atoms with Gasteiger partial charge in [-0.25, -0.2) is 0 Å². The Labute approximate surface area is 160 Å². The number of halogens is 1. The minimum Gasteiger partial charge on any atom is -0.497 e. The van der Waals surface area contributed by atoms with E-state index in [1.54, 1.807) is 7.11 Å². The second-order valence-electron chi connectivity index (χ2n) is 6.64. The standard InChI is InChI=1S/C21H25ClN2O2/c1-26-20-7-3-4-17(15-20)8-9-21(25)24-12-10-23(11-13-24)16-18-5-2-6-19(22)14-18/h2-7,14-15H,8-13,16H2,1H3. The summed E-state index contributed by atoms with van der Waals surface area (Å²) in [7, 11) is 1.66. The van der Waals surface area contributed by atoms with Crippen LogP contribution in [-0.2, 0) is 17.8 Å². The van der Waals surface area contributed by atoms with E-state index in [0.717, 1.165) is 55.5 Å². The van der Waals surface area contributed by atoms with Crippen molar-refractivity contribution in [2.75, 3.05) is 33.3 Å². The summed E-state index contributed by atoms with van der Waals surface area (Å²) in [4.78, 5) is 16.8. The van der Waals surface area contributed by atoms with Crippen molar-refractivity contribution in [2.24, 2.45) is 0 Å². The van der Waals surface area contributed by atoms with Crippen molar-refractivity contribution in [3.63, 3.8) is 0 Å². The van der Waals surface area contributed by atoms with Gasteiger partial charge in [-0.15, -0.1) is 0 Å². The molecule has 2 aromatic rings. The number of hydrogen-bond acceptors (Lipinski definition) is 3. The Morgan fingerprint density at radius 2 is 1.77 bits per heavy atom. The van der Waals surface area contributed by atoms with Gasteiger partial charge in [-0.05, 0) is 41.8 Å². The highest BCUT2D eigenvalue weighted by molar-refractivity contribution is 6.30. The number of hydrogen-bond donors (Lipinski definition) is 0. The molecule has 0 aliphatic carbocycles. The van der Waals surface area contributed by atoms with E-state index in [4.69, 9.17) is 16.3 Å². The second kappa shape index (κ2) is 9.06. The topological polar surface area (TPSA) is 32.8 Å². The number of amides is 1. The molecule has 3 rings (SSSR count). The second-order valence-corrected chi connectivity index (χ2v) is 7.07. The Bertz CT molecular complexity index is 742. The lowest BCUT2D eigenvalue weighted by Gasteiger charge is -2.35. The fourth-order valence-electron chi connectivity index (χ4n) is 3.29. The van der Waals surface area contributed by atoms with Crippen LogP contribution in [-0.4, -0.2) is 49.0 Å². The highest BCUT2D eigenvalue weighted by Crippen LogP contribution is 2.16. The third-order valence-corrected chi connectivity index (χ3v) is 5.02. The molecule has 1 saturated heterocycles. The van der Waals surface area contributed by atoms with E-state index >= 15 is 0 Å². The average Bonchev–Trinajstić information content (AvgIpc) is 2.67. The first-order valence-corrected chi connectivity index (χ1v) is 9.39. The Balaban J connectivity index is 1.44. The Morgan fingerprint density at radius 3 is 2.50 bits per heavy atom. The number of methoxy groups -OCH3 is 1. The van der Waals surface area contributed by atoms with Gasteiger partial charge < -0.3 is 9.64 Å². The minimum absolute atomic E-state index is 0.232. The van der Waals surface area contributed by atoms with Crippen LogP contribution in [0.1, 0.15) is 17.5 Å². The number of carbonyl (C=O) groups is 1. The van der Waals surface area contributed by atoms with E-state index < -0.39 is 0 Å². The summed E-state index contributed by atoms with van der Waals surface area (Å²) in [6.45, 7) is 4.26. The Hall–Kier alpha value is -2.04. The summed E-state index contributed by atoms with van der Waals surface area (Å²) < 4.78 is 5.24. The van der Waals surface area contributed by atoms with E-state index in [-0.39, 0.29) is 5.91 Å². The first-order chi connectivity index (χ1) is 12.6. The van der Waals surface area contributed by atoms with Crippen molar-refractivity contribution in [1.29, 1.82) is 0 Å². The number of rotatable bonds is 6. The molecule has 2 aromatic carbocycles. The normalized spacial score (nSPS) is 15.1. The monoisotopic (exact) mass is 372 g/mol.